The number of aliphatic carboxylic acids is 1. The zero-order valence-corrected chi connectivity index (χ0v) is 11.4. The van der Waals surface area contributed by atoms with Crippen LogP contribution in [0.2, 0.25) is 5.02 Å². The Bertz CT molecular complexity index is 527. The van der Waals surface area contributed by atoms with Crippen LogP contribution in [0.25, 0.3) is 0 Å². The molecule has 7 heteroatoms. The molecule has 1 fully saturated rings. The number of rotatable bonds is 3. The number of hydrogen-bond acceptors (Lipinski definition) is 4. The molecule has 0 atom stereocenters. The molecule has 1 amide bonds. The van der Waals surface area contributed by atoms with E-state index in [-0.39, 0.29) is 35.6 Å². The molecule has 0 spiro atoms. The highest BCUT2D eigenvalue weighted by Crippen LogP contribution is 2.22. The van der Waals surface area contributed by atoms with Crippen LogP contribution >= 0.6 is 11.6 Å². The van der Waals surface area contributed by atoms with Gasteiger partial charge in [0.25, 0.3) is 5.91 Å². The maximum absolute atomic E-state index is 12.1. The number of carboxylic acid groups (broad SMARTS) is 1. The first-order valence-electron chi connectivity index (χ1n) is 5.94. The van der Waals surface area contributed by atoms with Crippen LogP contribution in [-0.4, -0.2) is 44.9 Å². The van der Waals surface area contributed by atoms with Crippen LogP contribution in [0.1, 0.15) is 36.1 Å². The number of halogens is 1. The highest BCUT2D eigenvalue weighted by atomic mass is 35.5. The summed E-state index contributed by atoms with van der Waals surface area (Å²) in [6.07, 6.45) is 1.41. The van der Waals surface area contributed by atoms with E-state index >= 15 is 0 Å². The van der Waals surface area contributed by atoms with Gasteiger partial charge in [0, 0.05) is 19.0 Å². The summed E-state index contributed by atoms with van der Waals surface area (Å²) in [5.41, 5.74) is 0.143. The average Bonchev–Trinajstić information content (AvgIpc) is 2.26. The summed E-state index contributed by atoms with van der Waals surface area (Å²) in [5.74, 6) is -1.09. The monoisotopic (exact) mass is 283 g/mol. The lowest BCUT2D eigenvalue weighted by Gasteiger charge is -2.36. The van der Waals surface area contributed by atoms with Gasteiger partial charge in [-0.2, -0.15) is 0 Å². The van der Waals surface area contributed by atoms with Gasteiger partial charge in [0.2, 0.25) is 0 Å². The van der Waals surface area contributed by atoms with E-state index in [9.17, 15) is 9.59 Å². The van der Waals surface area contributed by atoms with Crippen LogP contribution in [0.3, 0.4) is 0 Å². The van der Waals surface area contributed by atoms with Gasteiger partial charge in [-0.05, 0) is 0 Å². The van der Waals surface area contributed by atoms with Crippen molar-refractivity contribution in [1.29, 1.82) is 0 Å². The highest BCUT2D eigenvalue weighted by Gasteiger charge is 2.37. The van der Waals surface area contributed by atoms with Crippen molar-refractivity contribution >= 4 is 23.5 Å². The van der Waals surface area contributed by atoms with Gasteiger partial charge in [0.05, 0.1) is 17.1 Å². The van der Waals surface area contributed by atoms with E-state index in [0.717, 1.165) is 0 Å². The van der Waals surface area contributed by atoms with Gasteiger partial charge in [-0.3, -0.25) is 9.59 Å². The Morgan fingerprint density at radius 3 is 2.63 bits per heavy atom. The molecule has 0 radical (unpaired) electrons. The molecule has 102 valence electrons. The number of amides is 1. The summed E-state index contributed by atoms with van der Waals surface area (Å²) in [6.45, 7) is 4.24. The summed E-state index contributed by atoms with van der Waals surface area (Å²) < 4.78 is 0. The number of hydrogen-bond donors (Lipinski definition) is 1. The van der Waals surface area contributed by atoms with Crippen LogP contribution in [0.15, 0.2) is 6.20 Å². The quantitative estimate of drug-likeness (QED) is 0.907. The lowest BCUT2D eigenvalue weighted by molar-refractivity contribution is -0.146. The van der Waals surface area contributed by atoms with Gasteiger partial charge in [-0.1, -0.05) is 25.4 Å². The van der Waals surface area contributed by atoms with Crippen LogP contribution in [0.4, 0.5) is 0 Å². The Kier molecular flexibility index (Phi) is 3.71. The molecule has 1 aliphatic rings. The van der Waals surface area contributed by atoms with Crippen molar-refractivity contribution in [2.24, 2.45) is 5.92 Å². The van der Waals surface area contributed by atoms with Crippen molar-refractivity contribution < 1.29 is 14.7 Å². The van der Waals surface area contributed by atoms with Gasteiger partial charge in [0.15, 0.2) is 5.69 Å². The fourth-order valence-corrected chi connectivity index (χ4v) is 1.93. The van der Waals surface area contributed by atoms with Crippen molar-refractivity contribution in [3.05, 3.63) is 22.7 Å². The minimum Gasteiger partial charge on any atom is -0.481 e. The van der Waals surface area contributed by atoms with E-state index in [1.54, 1.807) is 0 Å². The van der Waals surface area contributed by atoms with Gasteiger partial charge >= 0.3 is 5.97 Å². The first-order valence-corrected chi connectivity index (χ1v) is 6.32. The van der Waals surface area contributed by atoms with Crippen molar-refractivity contribution in [2.75, 3.05) is 13.1 Å². The fraction of sp³-hybridized carbons (Fsp3) is 0.500. The maximum Gasteiger partial charge on any atom is 0.310 e. The zero-order chi connectivity index (χ0) is 14.2. The number of carbonyl (C=O) groups is 2. The second kappa shape index (κ2) is 5.13. The first-order chi connectivity index (χ1) is 8.90. The molecule has 2 heterocycles. The molecule has 1 aromatic heterocycles. The molecule has 0 aliphatic carbocycles. The normalized spacial score (nSPS) is 15.5. The Morgan fingerprint density at radius 1 is 1.47 bits per heavy atom. The molecule has 2 rings (SSSR count). The minimum atomic E-state index is -0.888. The Balaban J connectivity index is 2.16. The number of carbonyl (C=O) groups excluding carboxylic acids is 1. The third-order valence-corrected chi connectivity index (χ3v) is 3.28. The first kappa shape index (κ1) is 13.7. The van der Waals surface area contributed by atoms with Crippen molar-refractivity contribution in [2.45, 2.75) is 19.8 Å². The van der Waals surface area contributed by atoms with E-state index in [4.69, 9.17) is 16.7 Å². The molecule has 1 saturated heterocycles. The van der Waals surface area contributed by atoms with Crippen LogP contribution in [-0.2, 0) is 4.79 Å². The molecule has 0 saturated carbocycles. The summed E-state index contributed by atoms with van der Waals surface area (Å²) in [7, 11) is 0. The summed E-state index contributed by atoms with van der Waals surface area (Å²) in [6, 6.07) is 0. The van der Waals surface area contributed by atoms with E-state index < -0.39 is 11.9 Å². The third kappa shape index (κ3) is 2.68. The molecule has 1 aromatic rings. The maximum atomic E-state index is 12.1. The van der Waals surface area contributed by atoms with Gasteiger partial charge < -0.3 is 10.0 Å². The van der Waals surface area contributed by atoms with Crippen molar-refractivity contribution in [3.8, 4) is 0 Å². The molecule has 0 aromatic carbocycles. The van der Waals surface area contributed by atoms with Crippen LogP contribution in [0.5, 0.6) is 0 Å². The van der Waals surface area contributed by atoms with Crippen molar-refractivity contribution in [1.82, 2.24) is 14.9 Å². The second-order valence-electron chi connectivity index (χ2n) is 4.82. The summed E-state index contributed by atoms with van der Waals surface area (Å²) >= 11 is 5.93. The Morgan fingerprint density at radius 2 is 2.11 bits per heavy atom. The highest BCUT2D eigenvalue weighted by molar-refractivity contribution is 6.33. The topological polar surface area (TPSA) is 83.4 Å². The van der Waals surface area contributed by atoms with E-state index in [1.165, 1.54) is 11.1 Å². The van der Waals surface area contributed by atoms with E-state index in [2.05, 4.69) is 9.97 Å². The fourth-order valence-electron chi connectivity index (χ4n) is 1.76. The molecular weight excluding hydrogens is 270 g/mol. The molecular formula is C12H14ClN3O3. The largest absolute Gasteiger partial charge is 0.481 e. The molecule has 0 bridgehead atoms. The Labute approximate surface area is 115 Å². The number of likely N-dealkylation sites (tertiary alicyclic amines) is 1. The van der Waals surface area contributed by atoms with Crippen LogP contribution < -0.4 is 0 Å². The second-order valence-corrected chi connectivity index (χ2v) is 5.23. The zero-order valence-electron chi connectivity index (χ0n) is 10.6. The van der Waals surface area contributed by atoms with Gasteiger partial charge in [-0.15, -0.1) is 0 Å². The third-order valence-electron chi connectivity index (χ3n) is 3.00. The van der Waals surface area contributed by atoms with E-state index in [1.807, 2.05) is 13.8 Å². The number of nitrogens with zero attached hydrogens (tertiary/aromatic N) is 3. The summed E-state index contributed by atoms with van der Waals surface area (Å²) in [5, 5.41) is 8.97. The number of carboxylic acids is 1. The summed E-state index contributed by atoms with van der Waals surface area (Å²) in [4.78, 5) is 32.5. The standard InChI is InChI=1S/C12H14ClN3O3/c1-6(2)10-14-3-8(13)9(15-10)11(17)16-4-7(5-16)12(18)19/h3,6-7H,4-5H2,1-2H3,(H,18,19). The van der Waals surface area contributed by atoms with E-state index in [0.29, 0.717) is 5.82 Å². The van der Waals surface area contributed by atoms with Gasteiger partial charge in [-0.25, -0.2) is 9.97 Å². The van der Waals surface area contributed by atoms with Crippen molar-refractivity contribution in [3.63, 3.8) is 0 Å². The smallest absolute Gasteiger partial charge is 0.310 e. The minimum absolute atomic E-state index is 0.0898. The van der Waals surface area contributed by atoms with Gasteiger partial charge in [0.1, 0.15) is 5.82 Å². The molecule has 0 unspecified atom stereocenters. The predicted molar refractivity (Wildman–Crippen MR) is 68.2 cm³/mol. The SMILES string of the molecule is CC(C)c1ncc(Cl)c(C(=O)N2CC(C(=O)O)C2)n1. The predicted octanol–water partition coefficient (Wildman–Crippen LogP) is 1.41. The number of aromatic nitrogens is 2. The molecule has 1 N–H and O–H groups in total. The van der Waals surface area contributed by atoms with Crippen LogP contribution in [0, 0.1) is 5.92 Å². The Hall–Kier alpha value is -1.69. The lowest BCUT2D eigenvalue weighted by atomic mass is 10.00. The lowest BCUT2D eigenvalue weighted by Crippen LogP contribution is -2.53. The molecule has 19 heavy (non-hydrogen) atoms. The average molecular weight is 284 g/mol. The molecule has 6 nitrogen and oxygen atoms in total. The molecule has 1 aliphatic heterocycles.